The molecule has 0 amide bonds. The number of rotatable bonds is 13. The van der Waals surface area contributed by atoms with Crippen LogP contribution >= 0.6 is 11.3 Å². The van der Waals surface area contributed by atoms with Gasteiger partial charge in [-0.25, -0.2) is 4.98 Å². The van der Waals surface area contributed by atoms with Crippen molar-refractivity contribution in [3.63, 3.8) is 0 Å². The Bertz CT molecular complexity index is 1160. The van der Waals surface area contributed by atoms with Crippen LogP contribution in [-0.2, 0) is 6.54 Å². The highest BCUT2D eigenvalue weighted by molar-refractivity contribution is 7.17. The van der Waals surface area contributed by atoms with Crippen molar-refractivity contribution in [3.05, 3.63) is 35.2 Å². The molecule has 0 aliphatic carbocycles. The smallest absolute Gasteiger partial charge is 0.225 e. The van der Waals surface area contributed by atoms with E-state index in [1.54, 1.807) is 11.3 Å². The van der Waals surface area contributed by atoms with Crippen molar-refractivity contribution in [1.82, 2.24) is 24.7 Å². The minimum absolute atomic E-state index is 0.390. The van der Waals surface area contributed by atoms with Gasteiger partial charge in [-0.15, -0.1) is 11.3 Å². The lowest BCUT2D eigenvalue weighted by Gasteiger charge is -2.34. The fraction of sp³-hybridized carbons (Fsp3) is 0.571. The van der Waals surface area contributed by atoms with E-state index in [0.717, 1.165) is 73.9 Å². The molecule has 1 aliphatic rings. The molecular weight excluding hydrogens is 496 g/mol. The van der Waals surface area contributed by atoms with E-state index < -0.39 is 0 Å². The van der Waals surface area contributed by atoms with Gasteiger partial charge in [0.1, 0.15) is 18.2 Å². The maximum absolute atomic E-state index is 6.24. The first-order chi connectivity index (χ1) is 18.3. The van der Waals surface area contributed by atoms with Gasteiger partial charge in [-0.1, -0.05) is 6.07 Å². The van der Waals surface area contributed by atoms with Crippen molar-refractivity contribution in [2.75, 3.05) is 97.2 Å². The zero-order valence-corrected chi connectivity index (χ0v) is 24.6. The molecule has 3 aromatic rings. The number of piperidine rings is 1. The van der Waals surface area contributed by atoms with Gasteiger partial charge in [0.25, 0.3) is 0 Å². The molecule has 208 valence electrons. The minimum atomic E-state index is 0.390. The molecule has 1 aliphatic heterocycles. The van der Waals surface area contributed by atoms with E-state index in [4.69, 9.17) is 14.7 Å². The zero-order chi connectivity index (χ0) is 27.1. The number of thiophene rings is 1. The number of likely N-dealkylation sites (tertiary alicyclic amines) is 1. The van der Waals surface area contributed by atoms with Crippen LogP contribution in [0.3, 0.4) is 0 Å². The normalized spacial score (nSPS) is 14.9. The van der Waals surface area contributed by atoms with Crippen molar-refractivity contribution < 1.29 is 4.74 Å². The first kappa shape index (κ1) is 28.4. The minimum Gasteiger partial charge on any atom is -0.492 e. The van der Waals surface area contributed by atoms with E-state index in [-0.39, 0.29) is 0 Å². The Balaban J connectivity index is 1.39. The summed E-state index contributed by atoms with van der Waals surface area (Å²) in [5.41, 5.74) is 3.49. The Kier molecular flexibility index (Phi) is 10.0. The fourth-order valence-electron chi connectivity index (χ4n) is 4.69. The predicted molar refractivity (Wildman–Crippen MR) is 161 cm³/mol. The number of anilines is 3. The lowest BCUT2D eigenvalue weighted by atomic mass is 10.0. The molecule has 38 heavy (non-hydrogen) atoms. The standard InChI is InChI=1S/C28H44N8OS/c1-33(2)16-13-29-28-31-23-12-19-38-26(23)27(32-28)30-21-10-14-36(15-11-21)20-22-24(35(5)6)8-7-9-25(22)37-18-17-34(3)4/h7-9,12,19,21H,10-11,13-18,20H2,1-6H3,(H2,29,30,31,32). The summed E-state index contributed by atoms with van der Waals surface area (Å²) in [5.74, 6) is 2.64. The summed E-state index contributed by atoms with van der Waals surface area (Å²) in [5, 5.41) is 9.24. The molecule has 3 heterocycles. The number of hydrogen-bond donors (Lipinski definition) is 2. The van der Waals surface area contributed by atoms with Gasteiger partial charge >= 0.3 is 0 Å². The van der Waals surface area contributed by atoms with Crippen molar-refractivity contribution in [2.45, 2.75) is 25.4 Å². The Labute approximate surface area is 231 Å². The number of fused-ring (bicyclic) bond motifs is 1. The predicted octanol–water partition coefficient (Wildman–Crippen LogP) is 3.75. The maximum Gasteiger partial charge on any atom is 0.225 e. The summed E-state index contributed by atoms with van der Waals surface area (Å²) >= 11 is 1.70. The van der Waals surface area contributed by atoms with Crippen LogP contribution in [0.25, 0.3) is 10.2 Å². The van der Waals surface area contributed by atoms with Gasteiger partial charge in [0.05, 0.1) is 10.2 Å². The molecule has 10 heteroatoms. The molecule has 1 aromatic carbocycles. The monoisotopic (exact) mass is 540 g/mol. The third kappa shape index (κ3) is 7.69. The molecule has 0 saturated carbocycles. The Hall–Kier alpha value is -2.66. The average Bonchev–Trinajstić information content (AvgIpc) is 3.34. The number of nitrogens with zero attached hydrogens (tertiary/aromatic N) is 6. The lowest BCUT2D eigenvalue weighted by Crippen LogP contribution is -2.39. The van der Waals surface area contributed by atoms with E-state index in [9.17, 15) is 0 Å². The van der Waals surface area contributed by atoms with Gasteiger partial charge in [0.15, 0.2) is 0 Å². The molecule has 9 nitrogen and oxygen atoms in total. The van der Waals surface area contributed by atoms with Gasteiger partial charge in [-0.3, -0.25) is 4.90 Å². The Morgan fingerprint density at radius 1 is 1.00 bits per heavy atom. The highest BCUT2D eigenvalue weighted by Gasteiger charge is 2.23. The molecule has 0 unspecified atom stereocenters. The van der Waals surface area contributed by atoms with Crippen molar-refractivity contribution >= 4 is 39.0 Å². The van der Waals surface area contributed by atoms with Crippen molar-refractivity contribution in [3.8, 4) is 5.75 Å². The number of hydrogen-bond acceptors (Lipinski definition) is 10. The van der Waals surface area contributed by atoms with Crippen molar-refractivity contribution in [2.24, 2.45) is 0 Å². The third-order valence-electron chi connectivity index (χ3n) is 6.84. The van der Waals surface area contributed by atoms with Crippen LogP contribution in [0.4, 0.5) is 17.5 Å². The van der Waals surface area contributed by atoms with Gasteiger partial charge in [-0.2, -0.15) is 4.98 Å². The van der Waals surface area contributed by atoms with E-state index in [1.807, 2.05) is 0 Å². The molecule has 0 spiro atoms. The van der Waals surface area contributed by atoms with Crippen LogP contribution in [0.2, 0.25) is 0 Å². The topological polar surface area (TPSA) is 72.0 Å². The van der Waals surface area contributed by atoms with Crippen molar-refractivity contribution in [1.29, 1.82) is 0 Å². The number of ether oxygens (including phenoxy) is 1. The van der Waals surface area contributed by atoms with Crippen LogP contribution in [0.5, 0.6) is 5.75 Å². The van der Waals surface area contributed by atoms with E-state index in [0.29, 0.717) is 18.6 Å². The van der Waals surface area contributed by atoms with Crippen LogP contribution in [0.1, 0.15) is 18.4 Å². The van der Waals surface area contributed by atoms with Crippen LogP contribution in [-0.4, -0.2) is 112 Å². The first-order valence-electron chi connectivity index (χ1n) is 13.5. The Morgan fingerprint density at radius 2 is 1.76 bits per heavy atom. The molecule has 0 radical (unpaired) electrons. The molecule has 2 N–H and O–H groups in total. The summed E-state index contributed by atoms with van der Waals surface area (Å²) in [6, 6.07) is 8.86. The number of aromatic nitrogens is 2. The largest absolute Gasteiger partial charge is 0.492 e. The molecule has 1 saturated heterocycles. The van der Waals surface area contributed by atoms with Gasteiger partial charge < -0.3 is 30.1 Å². The second kappa shape index (κ2) is 13.4. The molecule has 4 rings (SSSR count). The van der Waals surface area contributed by atoms with Crippen LogP contribution in [0.15, 0.2) is 29.6 Å². The van der Waals surface area contributed by atoms with Gasteiger partial charge in [0, 0.05) is 70.7 Å². The van der Waals surface area contributed by atoms with Gasteiger partial charge in [-0.05, 0) is 64.6 Å². The molecule has 1 fully saturated rings. The lowest BCUT2D eigenvalue weighted by molar-refractivity contribution is 0.205. The highest BCUT2D eigenvalue weighted by Crippen LogP contribution is 2.32. The summed E-state index contributed by atoms with van der Waals surface area (Å²) in [6.45, 7) is 6.29. The highest BCUT2D eigenvalue weighted by atomic mass is 32.1. The second-order valence-corrected chi connectivity index (χ2v) is 11.7. The molecular formula is C28H44N8OS. The first-order valence-corrected chi connectivity index (χ1v) is 14.4. The summed E-state index contributed by atoms with van der Waals surface area (Å²) in [6.07, 6.45) is 2.14. The summed E-state index contributed by atoms with van der Waals surface area (Å²) < 4.78 is 7.37. The molecule has 2 aromatic heterocycles. The zero-order valence-electron chi connectivity index (χ0n) is 23.8. The van der Waals surface area contributed by atoms with E-state index in [1.165, 1.54) is 11.3 Å². The number of likely N-dealkylation sites (N-methyl/N-ethyl adjacent to an activating group) is 2. The quantitative estimate of drug-likeness (QED) is 0.337. The third-order valence-corrected chi connectivity index (χ3v) is 7.75. The molecule has 0 atom stereocenters. The van der Waals surface area contributed by atoms with Crippen LogP contribution in [0, 0.1) is 0 Å². The summed E-state index contributed by atoms with van der Waals surface area (Å²) in [7, 11) is 12.5. The number of benzene rings is 1. The summed E-state index contributed by atoms with van der Waals surface area (Å²) in [4.78, 5) is 18.6. The van der Waals surface area contributed by atoms with Crippen LogP contribution < -0.4 is 20.3 Å². The maximum atomic E-state index is 6.24. The Morgan fingerprint density at radius 3 is 2.47 bits per heavy atom. The molecule has 0 bridgehead atoms. The van der Waals surface area contributed by atoms with Gasteiger partial charge in [0.2, 0.25) is 5.95 Å². The van der Waals surface area contributed by atoms with E-state index in [2.05, 4.69) is 102 Å². The SMILES string of the molecule is CN(C)CCNc1nc(NC2CCN(Cc3c(OCCN(C)C)cccc3N(C)C)CC2)c2sccc2n1. The average molecular weight is 541 g/mol. The fourth-order valence-corrected chi connectivity index (χ4v) is 5.47. The van der Waals surface area contributed by atoms with E-state index >= 15 is 0 Å². The second-order valence-electron chi connectivity index (χ2n) is 10.8. The number of nitrogens with one attached hydrogen (secondary N) is 2.